The van der Waals surface area contributed by atoms with Crippen LogP contribution in [0.2, 0.25) is 0 Å². The number of allylic oxidation sites excluding steroid dienone is 2. The lowest BCUT2D eigenvalue weighted by Gasteiger charge is -2.35. The highest BCUT2D eigenvalue weighted by Gasteiger charge is 2.36. The topological polar surface area (TPSA) is 57.5 Å². The summed E-state index contributed by atoms with van der Waals surface area (Å²) in [5.74, 6) is -0.820. The monoisotopic (exact) mass is 194 g/mol. The average Bonchev–Trinajstić information content (AvgIpc) is 2.17. The number of fused-ring (bicyclic) bond motifs is 1. The van der Waals surface area contributed by atoms with E-state index >= 15 is 0 Å². The third kappa shape index (κ3) is 1.48. The molecule has 2 rings (SSSR count). The minimum absolute atomic E-state index is 0.0137. The second-order valence-electron chi connectivity index (χ2n) is 3.99. The van der Waals surface area contributed by atoms with Crippen molar-refractivity contribution in [3.8, 4) is 0 Å². The van der Waals surface area contributed by atoms with E-state index in [0.717, 1.165) is 19.3 Å². The number of hydrogen-bond donors (Lipinski definition) is 2. The number of carboxylic acid groups (broad SMARTS) is 1. The SMILES string of the molecule is O=C(O)C1=CC=CC2C(O)CCCC12. The summed E-state index contributed by atoms with van der Waals surface area (Å²) in [4.78, 5) is 10.9. The van der Waals surface area contributed by atoms with Gasteiger partial charge < -0.3 is 10.2 Å². The molecule has 1 fully saturated rings. The van der Waals surface area contributed by atoms with Crippen LogP contribution in [0.15, 0.2) is 23.8 Å². The van der Waals surface area contributed by atoms with Crippen molar-refractivity contribution < 1.29 is 15.0 Å². The maximum atomic E-state index is 10.9. The smallest absolute Gasteiger partial charge is 0.331 e. The van der Waals surface area contributed by atoms with E-state index in [1.54, 1.807) is 12.2 Å². The number of hydrogen-bond acceptors (Lipinski definition) is 2. The lowest BCUT2D eigenvalue weighted by atomic mass is 9.71. The fourth-order valence-corrected chi connectivity index (χ4v) is 2.47. The van der Waals surface area contributed by atoms with Gasteiger partial charge in [0.25, 0.3) is 0 Å². The molecule has 14 heavy (non-hydrogen) atoms. The molecule has 2 aliphatic rings. The Kier molecular flexibility index (Phi) is 2.42. The predicted molar refractivity (Wildman–Crippen MR) is 51.7 cm³/mol. The molecule has 76 valence electrons. The number of aliphatic hydroxyl groups is 1. The van der Waals surface area contributed by atoms with Crippen LogP contribution in [0.1, 0.15) is 19.3 Å². The van der Waals surface area contributed by atoms with Crippen molar-refractivity contribution in [2.24, 2.45) is 11.8 Å². The zero-order chi connectivity index (χ0) is 10.1. The van der Waals surface area contributed by atoms with Gasteiger partial charge in [0, 0.05) is 11.5 Å². The van der Waals surface area contributed by atoms with Crippen molar-refractivity contribution in [3.63, 3.8) is 0 Å². The Morgan fingerprint density at radius 2 is 2.21 bits per heavy atom. The molecule has 0 bridgehead atoms. The molecule has 3 unspecified atom stereocenters. The largest absolute Gasteiger partial charge is 0.478 e. The van der Waals surface area contributed by atoms with E-state index in [4.69, 9.17) is 5.11 Å². The molecule has 0 aromatic carbocycles. The quantitative estimate of drug-likeness (QED) is 0.662. The van der Waals surface area contributed by atoms with Crippen molar-refractivity contribution in [2.75, 3.05) is 0 Å². The molecule has 0 saturated heterocycles. The average molecular weight is 194 g/mol. The number of carboxylic acids is 1. The summed E-state index contributed by atoms with van der Waals surface area (Å²) >= 11 is 0. The molecule has 3 heteroatoms. The first-order chi connectivity index (χ1) is 6.70. The van der Waals surface area contributed by atoms with E-state index in [9.17, 15) is 9.90 Å². The Morgan fingerprint density at radius 3 is 2.93 bits per heavy atom. The molecule has 0 spiro atoms. The molecule has 0 aliphatic heterocycles. The summed E-state index contributed by atoms with van der Waals surface area (Å²) in [5, 5.41) is 18.7. The maximum Gasteiger partial charge on any atom is 0.331 e. The Morgan fingerprint density at radius 1 is 1.43 bits per heavy atom. The lowest BCUT2D eigenvalue weighted by molar-refractivity contribution is -0.133. The van der Waals surface area contributed by atoms with Crippen LogP contribution in [0.3, 0.4) is 0 Å². The molecule has 0 aromatic rings. The summed E-state index contributed by atoms with van der Waals surface area (Å²) in [5.41, 5.74) is 0.455. The van der Waals surface area contributed by atoms with E-state index in [1.807, 2.05) is 6.08 Å². The molecular formula is C11H14O3. The Bertz CT molecular complexity index is 304. The van der Waals surface area contributed by atoms with Gasteiger partial charge in [-0.3, -0.25) is 0 Å². The van der Waals surface area contributed by atoms with Gasteiger partial charge in [0.05, 0.1) is 6.10 Å². The van der Waals surface area contributed by atoms with Crippen LogP contribution < -0.4 is 0 Å². The molecule has 2 N–H and O–H groups in total. The van der Waals surface area contributed by atoms with Crippen molar-refractivity contribution in [3.05, 3.63) is 23.8 Å². The van der Waals surface area contributed by atoms with Crippen LogP contribution >= 0.6 is 0 Å². The zero-order valence-corrected chi connectivity index (χ0v) is 7.89. The van der Waals surface area contributed by atoms with Gasteiger partial charge in [-0.25, -0.2) is 4.79 Å². The minimum Gasteiger partial charge on any atom is -0.478 e. The van der Waals surface area contributed by atoms with E-state index in [1.165, 1.54) is 0 Å². The van der Waals surface area contributed by atoms with Gasteiger partial charge in [0.1, 0.15) is 0 Å². The van der Waals surface area contributed by atoms with E-state index < -0.39 is 5.97 Å². The molecular weight excluding hydrogens is 180 g/mol. The Hall–Kier alpha value is -1.09. The summed E-state index contributed by atoms with van der Waals surface area (Å²) < 4.78 is 0. The zero-order valence-electron chi connectivity index (χ0n) is 7.89. The molecule has 3 atom stereocenters. The molecule has 0 amide bonds. The predicted octanol–water partition coefficient (Wildman–Crippen LogP) is 1.34. The van der Waals surface area contributed by atoms with Crippen molar-refractivity contribution in [1.82, 2.24) is 0 Å². The van der Waals surface area contributed by atoms with Crippen LogP contribution in [0.25, 0.3) is 0 Å². The molecule has 2 aliphatic carbocycles. The Labute approximate surface area is 82.7 Å². The minimum atomic E-state index is -0.849. The Balaban J connectivity index is 2.25. The first kappa shape index (κ1) is 9.46. The second kappa shape index (κ2) is 3.58. The van der Waals surface area contributed by atoms with Crippen LogP contribution in [-0.2, 0) is 4.79 Å². The van der Waals surface area contributed by atoms with Crippen LogP contribution in [0.5, 0.6) is 0 Å². The first-order valence-electron chi connectivity index (χ1n) is 5.00. The maximum absolute atomic E-state index is 10.9. The molecule has 0 radical (unpaired) electrons. The van der Waals surface area contributed by atoms with Gasteiger partial charge in [-0.2, -0.15) is 0 Å². The second-order valence-corrected chi connectivity index (χ2v) is 3.99. The number of aliphatic carboxylic acids is 1. The van der Waals surface area contributed by atoms with Crippen molar-refractivity contribution in [1.29, 1.82) is 0 Å². The summed E-state index contributed by atoms with van der Waals surface area (Å²) in [6.07, 6.45) is 7.55. The summed E-state index contributed by atoms with van der Waals surface area (Å²) in [6, 6.07) is 0. The standard InChI is InChI=1S/C11H14O3/c12-10-6-2-3-7-8(10)4-1-5-9(7)11(13)14/h1,4-5,7-8,10,12H,2-3,6H2,(H,13,14). The number of aliphatic hydroxyl groups excluding tert-OH is 1. The van der Waals surface area contributed by atoms with Crippen LogP contribution in [-0.4, -0.2) is 22.3 Å². The first-order valence-corrected chi connectivity index (χ1v) is 5.00. The van der Waals surface area contributed by atoms with Gasteiger partial charge in [-0.15, -0.1) is 0 Å². The van der Waals surface area contributed by atoms with Crippen LogP contribution in [0, 0.1) is 11.8 Å². The molecule has 1 saturated carbocycles. The molecule has 3 nitrogen and oxygen atoms in total. The highest BCUT2D eigenvalue weighted by atomic mass is 16.4. The van der Waals surface area contributed by atoms with Gasteiger partial charge >= 0.3 is 5.97 Å². The van der Waals surface area contributed by atoms with E-state index in [-0.39, 0.29) is 17.9 Å². The van der Waals surface area contributed by atoms with E-state index in [2.05, 4.69) is 0 Å². The lowest BCUT2D eigenvalue weighted by Crippen LogP contribution is -2.35. The van der Waals surface area contributed by atoms with Crippen molar-refractivity contribution >= 4 is 5.97 Å². The van der Waals surface area contributed by atoms with Gasteiger partial charge in [0.15, 0.2) is 0 Å². The van der Waals surface area contributed by atoms with Crippen molar-refractivity contribution in [2.45, 2.75) is 25.4 Å². The molecule has 0 aromatic heterocycles. The third-order valence-corrected chi connectivity index (χ3v) is 3.18. The van der Waals surface area contributed by atoms with Gasteiger partial charge in [-0.05, 0) is 18.8 Å². The summed E-state index contributed by atoms with van der Waals surface area (Å²) in [6.45, 7) is 0. The van der Waals surface area contributed by atoms with Crippen LogP contribution in [0.4, 0.5) is 0 Å². The fraction of sp³-hybridized carbons (Fsp3) is 0.545. The van der Waals surface area contributed by atoms with Gasteiger partial charge in [0.2, 0.25) is 0 Å². The highest BCUT2D eigenvalue weighted by molar-refractivity contribution is 5.88. The fourth-order valence-electron chi connectivity index (χ4n) is 2.47. The van der Waals surface area contributed by atoms with E-state index in [0.29, 0.717) is 5.57 Å². The highest BCUT2D eigenvalue weighted by Crippen LogP contribution is 2.38. The molecule has 0 heterocycles. The normalized spacial score (nSPS) is 36.1. The summed E-state index contributed by atoms with van der Waals surface area (Å²) in [7, 11) is 0. The number of carbonyl (C=O) groups is 1. The third-order valence-electron chi connectivity index (χ3n) is 3.18. The number of rotatable bonds is 1. The van der Waals surface area contributed by atoms with Gasteiger partial charge in [-0.1, -0.05) is 24.6 Å².